The fourth-order valence-corrected chi connectivity index (χ4v) is 0.711. The highest BCUT2D eigenvalue weighted by molar-refractivity contribution is 5.57. The summed E-state index contributed by atoms with van der Waals surface area (Å²) in [6, 6.07) is 2.79. The minimum absolute atomic E-state index is 0.276. The van der Waals surface area contributed by atoms with Crippen LogP contribution in [0.1, 0.15) is 5.76 Å². The number of furan rings is 1. The number of nitrogens with one attached hydrogen (secondary N) is 1. The average molecular weight is 168 g/mol. The van der Waals surface area contributed by atoms with Gasteiger partial charge < -0.3 is 9.73 Å². The van der Waals surface area contributed by atoms with Crippen molar-refractivity contribution in [3.05, 3.63) is 34.6 Å². The maximum absolute atomic E-state index is 10.2. The van der Waals surface area contributed by atoms with E-state index in [4.69, 9.17) is 4.42 Å². The smallest absolute Gasteiger partial charge is 0.399 e. The Morgan fingerprint density at radius 2 is 2.42 bits per heavy atom. The van der Waals surface area contributed by atoms with Crippen LogP contribution >= 0.6 is 0 Å². The number of nitro groups is 1. The highest BCUT2D eigenvalue weighted by atomic mass is 16.6. The van der Waals surface area contributed by atoms with Crippen LogP contribution in [0.5, 0.6) is 0 Å². The van der Waals surface area contributed by atoms with Gasteiger partial charge in [-0.1, -0.05) is 6.58 Å². The van der Waals surface area contributed by atoms with E-state index < -0.39 is 4.92 Å². The molecule has 0 aromatic carbocycles. The quantitative estimate of drug-likeness (QED) is 0.546. The molecule has 1 aromatic heterocycles. The lowest BCUT2D eigenvalue weighted by Crippen LogP contribution is -2.01. The van der Waals surface area contributed by atoms with Crippen molar-refractivity contribution in [2.24, 2.45) is 0 Å². The summed E-state index contributed by atoms with van der Waals surface area (Å²) in [6.07, 6.45) is 0. The van der Waals surface area contributed by atoms with E-state index in [0.29, 0.717) is 11.5 Å². The third kappa shape index (κ3) is 1.45. The first kappa shape index (κ1) is 8.32. The molecule has 0 unspecified atom stereocenters. The van der Waals surface area contributed by atoms with Gasteiger partial charge in [0, 0.05) is 7.05 Å². The standard InChI is InChI=1S/C7H8N2O3/c1-5(8-2)6-3-4-7(12-6)9(10)11/h3-4,8H,1H2,2H3. The Morgan fingerprint density at radius 3 is 2.83 bits per heavy atom. The molecule has 0 atom stereocenters. The summed E-state index contributed by atoms with van der Waals surface area (Å²) in [5.41, 5.74) is 0.517. The number of nitrogens with zero attached hydrogens (tertiary/aromatic N) is 1. The van der Waals surface area contributed by atoms with Crippen LogP contribution < -0.4 is 5.32 Å². The van der Waals surface area contributed by atoms with Gasteiger partial charge in [-0.25, -0.2) is 0 Å². The fourth-order valence-electron chi connectivity index (χ4n) is 0.711. The predicted octanol–water partition coefficient (Wildman–Crippen LogP) is 1.38. The molecule has 5 heteroatoms. The Kier molecular flexibility index (Phi) is 2.14. The molecule has 0 saturated carbocycles. The number of rotatable bonds is 3. The maximum Gasteiger partial charge on any atom is 0.433 e. The highest BCUT2D eigenvalue weighted by Gasteiger charge is 2.12. The molecule has 1 aromatic rings. The summed E-state index contributed by atoms with van der Waals surface area (Å²) < 4.78 is 4.84. The number of hydrogen-bond donors (Lipinski definition) is 1. The Labute approximate surface area is 68.8 Å². The van der Waals surface area contributed by atoms with Crippen molar-refractivity contribution in [1.29, 1.82) is 0 Å². The van der Waals surface area contributed by atoms with Gasteiger partial charge in [-0.05, 0) is 6.07 Å². The van der Waals surface area contributed by atoms with Gasteiger partial charge in [-0.2, -0.15) is 0 Å². The SMILES string of the molecule is C=C(NC)c1ccc([N+](=O)[O-])o1. The molecule has 1 heterocycles. The average Bonchev–Trinajstić information content (AvgIpc) is 2.51. The van der Waals surface area contributed by atoms with E-state index in [0.717, 1.165) is 0 Å². The summed E-state index contributed by atoms with van der Waals surface area (Å²) in [4.78, 5) is 9.60. The van der Waals surface area contributed by atoms with E-state index in [-0.39, 0.29) is 5.88 Å². The molecule has 5 nitrogen and oxygen atoms in total. The van der Waals surface area contributed by atoms with Gasteiger partial charge in [0.1, 0.15) is 4.92 Å². The van der Waals surface area contributed by atoms with Crippen molar-refractivity contribution in [3.8, 4) is 0 Å². The van der Waals surface area contributed by atoms with Crippen molar-refractivity contribution < 1.29 is 9.34 Å². The molecule has 12 heavy (non-hydrogen) atoms. The van der Waals surface area contributed by atoms with Gasteiger partial charge >= 0.3 is 5.88 Å². The summed E-state index contributed by atoms with van der Waals surface area (Å²) in [7, 11) is 1.66. The molecule has 1 N–H and O–H groups in total. The van der Waals surface area contributed by atoms with Gasteiger partial charge in [0.2, 0.25) is 0 Å². The Bertz CT molecular complexity index is 316. The van der Waals surface area contributed by atoms with E-state index >= 15 is 0 Å². The van der Waals surface area contributed by atoms with E-state index in [1.54, 1.807) is 7.05 Å². The minimum atomic E-state index is -0.591. The summed E-state index contributed by atoms with van der Waals surface area (Å²) in [6.45, 7) is 3.59. The molecule has 0 amide bonds. The molecule has 0 bridgehead atoms. The molecular weight excluding hydrogens is 160 g/mol. The lowest BCUT2D eigenvalue weighted by atomic mass is 10.4. The Morgan fingerprint density at radius 1 is 1.75 bits per heavy atom. The van der Waals surface area contributed by atoms with Crippen LogP contribution in [0, 0.1) is 10.1 Å². The first-order valence-electron chi connectivity index (χ1n) is 3.26. The molecule has 0 aliphatic carbocycles. The van der Waals surface area contributed by atoms with Crippen LogP contribution in [-0.2, 0) is 0 Å². The molecule has 0 fully saturated rings. The topological polar surface area (TPSA) is 68.3 Å². The second-order valence-corrected chi connectivity index (χ2v) is 2.12. The molecular formula is C7H8N2O3. The molecule has 0 spiro atoms. The number of hydrogen-bond acceptors (Lipinski definition) is 4. The first-order valence-corrected chi connectivity index (χ1v) is 3.26. The van der Waals surface area contributed by atoms with E-state index in [2.05, 4.69) is 11.9 Å². The van der Waals surface area contributed by atoms with Crippen molar-refractivity contribution in [1.82, 2.24) is 5.32 Å². The minimum Gasteiger partial charge on any atom is -0.399 e. The summed E-state index contributed by atoms with van der Waals surface area (Å²) >= 11 is 0. The van der Waals surface area contributed by atoms with Gasteiger partial charge in [-0.3, -0.25) is 10.1 Å². The lowest BCUT2D eigenvalue weighted by Gasteiger charge is -1.96. The zero-order chi connectivity index (χ0) is 9.14. The van der Waals surface area contributed by atoms with Crippen LogP contribution in [-0.4, -0.2) is 12.0 Å². The first-order chi connectivity index (χ1) is 5.65. The van der Waals surface area contributed by atoms with E-state index in [1.807, 2.05) is 0 Å². The van der Waals surface area contributed by atoms with Crippen molar-refractivity contribution >= 4 is 11.6 Å². The summed E-state index contributed by atoms with van der Waals surface area (Å²) in [5, 5.41) is 12.9. The van der Waals surface area contributed by atoms with E-state index in [9.17, 15) is 10.1 Å². The van der Waals surface area contributed by atoms with Crippen molar-refractivity contribution in [3.63, 3.8) is 0 Å². The summed E-state index contributed by atoms with van der Waals surface area (Å²) in [5.74, 6) is 0.102. The van der Waals surface area contributed by atoms with Crippen LogP contribution in [0.2, 0.25) is 0 Å². The van der Waals surface area contributed by atoms with Gasteiger partial charge in [0.05, 0.1) is 11.8 Å². The second-order valence-electron chi connectivity index (χ2n) is 2.12. The maximum atomic E-state index is 10.2. The monoisotopic (exact) mass is 168 g/mol. The van der Waals surface area contributed by atoms with Crippen molar-refractivity contribution in [2.75, 3.05) is 7.05 Å². The molecule has 0 aliphatic heterocycles. The van der Waals surface area contributed by atoms with Gasteiger partial charge in [0.25, 0.3) is 0 Å². The molecule has 64 valence electrons. The zero-order valence-electron chi connectivity index (χ0n) is 6.53. The molecule has 1 rings (SSSR count). The van der Waals surface area contributed by atoms with Crippen molar-refractivity contribution in [2.45, 2.75) is 0 Å². The zero-order valence-corrected chi connectivity index (χ0v) is 6.53. The van der Waals surface area contributed by atoms with Crippen LogP contribution in [0.4, 0.5) is 5.88 Å². The van der Waals surface area contributed by atoms with Crippen LogP contribution in [0.15, 0.2) is 23.1 Å². The molecule has 0 saturated heterocycles. The third-order valence-corrected chi connectivity index (χ3v) is 1.37. The molecule has 0 aliphatic rings. The van der Waals surface area contributed by atoms with Crippen LogP contribution in [0.3, 0.4) is 0 Å². The lowest BCUT2D eigenvalue weighted by molar-refractivity contribution is -0.402. The normalized spacial score (nSPS) is 9.42. The van der Waals surface area contributed by atoms with Gasteiger partial charge in [0.15, 0.2) is 5.76 Å². The van der Waals surface area contributed by atoms with Gasteiger partial charge in [-0.15, -0.1) is 0 Å². The largest absolute Gasteiger partial charge is 0.433 e. The van der Waals surface area contributed by atoms with E-state index in [1.165, 1.54) is 12.1 Å². The molecule has 0 radical (unpaired) electrons. The Hall–Kier alpha value is -1.78. The second kappa shape index (κ2) is 3.08. The predicted molar refractivity (Wildman–Crippen MR) is 43.5 cm³/mol. The Balaban J connectivity index is 2.91. The highest BCUT2D eigenvalue weighted by Crippen LogP contribution is 2.19. The van der Waals surface area contributed by atoms with Crippen LogP contribution in [0.25, 0.3) is 5.70 Å². The third-order valence-electron chi connectivity index (χ3n) is 1.37. The fraction of sp³-hybridized carbons (Fsp3) is 0.143.